The van der Waals surface area contributed by atoms with Crippen molar-refractivity contribution >= 4 is 40.5 Å². The molecule has 212 valence electrons. The Morgan fingerprint density at radius 1 is 0.850 bits per heavy atom. The minimum atomic E-state index is -1.26. The Hall–Kier alpha value is -4.71. The molecule has 0 fully saturated rings. The van der Waals surface area contributed by atoms with Crippen LogP contribution in [0.5, 0.6) is 0 Å². The molecule has 4 unspecified atom stereocenters. The summed E-state index contributed by atoms with van der Waals surface area (Å²) in [5, 5.41) is 18.3. The van der Waals surface area contributed by atoms with Crippen molar-refractivity contribution in [1.82, 2.24) is 20.9 Å². The van der Waals surface area contributed by atoms with Crippen molar-refractivity contribution in [2.24, 2.45) is 11.5 Å². The molecule has 0 bridgehead atoms. The summed E-state index contributed by atoms with van der Waals surface area (Å²) in [6.07, 6.45) is 1.73. The number of carbonyl (C=O) groups is 5. The van der Waals surface area contributed by atoms with Crippen molar-refractivity contribution in [3.63, 3.8) is 0 Å². The van der Waals surface area contributed by atoms with Gasteiger partial charge >= 0.3 is 5.97 Å². The first-order valence-corrected chi connectivity index (χ1v) is 12.8. The Bertz CT molecular complexity index is 1360. The Kier molecular flexibility index (Phi) is 10.4. The zero-order valence-electron chi connectivity index (χ0n) is 22.1. The van der Waals surface area contributed by atoms with Gasteiger partial charge in [-0.1, -0.05) is 48.5 Å². The van der Waals surface area contributed by atoms with Crippen LogP contribution in [0.15, 0.2) is 60.8 Å². The van der Waals surface area contributed by atoms with E-state index in [1.54, 1.807) is 36.5 Å². The standard InChI is InChI=1S/C28H34N6O6/c1-16(32-26(37)20(29)11-12-24(30)35)25(36)33-22(13-17-7-3-2-4-8-17)27(38)34-23(28(39)40)14-18-15-31-21-10-6-5-9-19(18)21/h2-10,15-16,20,22-23,31H,11-14,29H2,1H3,(H2,30,35)(H,32,37)(H,33,36)(H,34,38)(H,39,40). The number of aliphatic carboxylic acids is 1. The number of benzene rings is 2. The van der Waals surface area contributed by atoms with E-state index in [2.05, 4.69) is 20.9 Å². The van der Waals surface area contributed by atoms with E-state index in [9.17, 15) is 29.1 Å². The minimum Gasteiger partial charge on any atom is -0.480 e. The third-order valence-electron chi connectivity index (χ3n) is 6.42. The second-order valence-corrected chi connectivity index (χ2v) is 9.56. The van der Waals surface area contributed by atoms with Crippen LogP contribution in [0.3, 0.4) is 0 Å². The number of H-pyrrole nitrogens is 1. The van der Waals surface area contributed by atoms with Gasteiger partial charge in [-0.25, -0.2) is 4.79 Å². The van der Waals surface area contributed by atoms with Crippen molar-refractivity contribution in [1.29, 1.82) is 0 Å². The molecule has 9 N–H and O–H groups in total. The van der Waals surface area contributed by atoms with Gasteiger partial charge in [0.15, 0.2) is 0 Å². The molecule has 0 spiro atoms. The van der Waals surface area contributed by atoms with Gasteiger partial charge < -0.3 is 37.5 Å². The molecule has 40 heavy (non-hydrogen) atoms. The highest BCUT2D eigenvalue weighted by molar-refractivity contribution is 5.94. The molecule has 12 heteroatoms. The van der Waals surface area contributed by atoms with Crippen LogP contribution in [-0.4, -0.2) is 63.9 Å². The highest BCUT2D eigenvalue weighted by Crippen LogP contribution is 2.19. The largest absolute Gasteiger partial charge is 0.480 e. The van der Waals surface area contributed by atoms with Crippen LogP contribution >= 0.6 is 0 Å². The fraction of sp³-hybridized carbons (Fsp3) is 0.321. The monoisotopic (exact) mass is 550 g/mol. The molecule has 3 rings (SSSR count). The molecule has 0 aliphatic rings. The number of carbonyl (C=O) groups excluding carboxylic acids is 4. The number of rotatable bonds is 14. The number of para-hydroxylation sites is 1. The molecule has 12 nitrogen and oxygen atoms in total. The number of carboxylic acid groups (broad SMARTS) is 1. The van der Waals surface area contributed by atoms with E-state index in [0.29, 0.717) is 0 Å². The number of amides is 4. The number of hydrogen-bond acceptors (Lipinski definition) is 6. The summed E-state index contributed by atoms with van der Waals surface area (Å²) < 4.78 is 0. The Morgan fingerprint density at radius 3 is 2.17 bits per heavy atom. The second-order valence-electron chi connectivity index (χ2n) is 9.56. The van der Waals surface area contributed by atoms with Crippen molar-refractivity contribution in [2.75, 3.05) is 0 Å². The SMILES string of the molecule is CC(NC(=O)C(N)CCC(N)=O)C(=O)NC(Cc1ccccc1)C(=O)NC(Cc1c[nH]c2ccccc12)C(=O)O. The van der Waals surface area contributed by atoms with Gasteiger partial charge in [0.25, 0.3) is 0 Å². The smallest absolute Gasteiger partial charge is 0.326 e. The minimum absolute atomic E-state index is 0.0154. The summed E-state index contributed by atoms with van der Waals surface area (Å²) >= 11 is 0. The third kappa shape index (κ3) is 8.40. The lowest BCUT2D eigenvalue weighted by Crippen LogP contribution is -2.57. The molecule has 0 aliphatic heterocycles. The predicted octanol–water partition coefficient (Wildman–Crippen LogP) is 0.105. The van der Waals surface area contributed by atoms with Gasteiger partial charge in [0, 0.05) is 36.4 Å². The maximum atomic E-state index is 13.3. The zero-order valence-corrected chi connectivity index (χ0v) is 22.1. The number of aromatic amines is 1. The van der Waals surface area contributed by atoms with E-state index in [-0.39, 0.29) is 25.7 Å². The zero-order chi connectivity index (χ0) is 29.2. The molecule has 4 atom stereocenters. The van der Waals surface area contributed by atoms with Crippen molar-refractivity contribution in [3.8, 4) is 0 Å². The number of carboxylic acids is 1. The molecule has 1 heterocycles. The molecule has 0 radical (unpaired) electrons. The molecule has 2 aromatic carbocycles. The number of primary amides is 1. The van der Waals surface area contributed by atoms with Crippen LogP contribution in [0.4, 0.5) is 0 Å². The van der Waals surface area contributed by atoms with Gasteiger partial charge in [-0.05, 0) is 30.5 Å². The first-order valence-electron chi connectivity index (χ1n) is 12.8. The summed E-state index contributed by atoms with van der Waals surface area (Å²) in [5.41, 5.74) is 13.1. The quantitative estimate of drug-likeness (QED) is 0.147. The van der Waals surface area contributed by atoms with Crippen LogP contribution in [0.2, 0.25) is 0 Å². The van der Waals surface area contributed by atoms with Crippen molar-refractivity contribution < 1.29 is 29.1 Å². The number of nitrogens with two attached hydrogens (primary N) is 2. The molecule has 3 aromatic rings. The fourth-order valence-electron chi connectivity index (χ4n) is 4.16. The van der Waals surface area contributed by atoms with E-state index >= 15 is 0 Å². The van der Waals surface area contributed by atoms with E-state index < -0.39 is 53.8 Å². The van der Waals surface area contributed by atoms with Gasteiger partial charge in [0.2, 0.25) is 23.6 Å². The Morgan fingerprint density at radius 2 is 1.50 bits per heavy atom. The van der Waals surface area contributed by atoms with Crippen LogP contribution in [0.25, 0.3) is 10.9 Å². The first kappa shape index (κ1) is 29.8. The summed E-state index contributed by atoms with van der Waals surface area (Å²) in [6.45, 7) is 1.42. The maximum absolute atomic E-state index is 13.3. The van der Waals surface area contributed by atoms with Crippen molar-refractivity contribution in [2.45, 2.75) is 56.8 Å². The van der Waals surface area contributed by atoms with E-state index in [0.717, 1.165) is 22.0 Å². The molecular weight excluding hydrogens is 516 g/mol. The van der Waals surface area contributed by atoms with Gasteiger partial charge in [-0.2, -0.15) is 0 Å². The van der Waals surface area contributed by atoms with E-state index in [1.807, 2.05) is 24.3 Å². The average Bonchev–Trinajstić information content (AvgIpc) is 3.33. The molecule has 0 saturated carbocycles. The highest BCUT2D eigenvalue weighted by Gasteiger charge is 2.29. The van der Waals surface area contributed by atoms with Crippen LogP contribution in [0, 0.1) is 0 Å². The molecule has 0 aliphatic carbocycles. The predicted molar refractivity (Wildman–Crippen MR) is 148 cm³/mol. The van der Waals surface area contributed by atoms with Crippen LogP contribution in [-0.2, 0) is 36.8 Å². The molecular formula is C28H34N6O6. The van der Waals surface area contributed by atoms with Gasteiger partial charge in [0.1, 0.15) is 18.1 Å². The average molecular weight is 551 g/mol. The van der Waals surface area contributed by atoms with E-state index in [4.69, 9.17) is 11.5 Å². The summed E-state index contributed by atoms with van der Waals surface area (Å²) in [5.74, 6) is -3.85. The van der Waals surface area contributed by atoms with Crippen LogP contribution in [0.1, 0.15) is 30.9 Å². The first-order chi connectivity index (χ1) is 19.0. The summed E-state index contributed by atoms with van der Waals surface area (Å²) in [4.78, 5) is 64.8. The van der Waals surface area contributed by atoms with E-state index in [1.165, 1.54) is 6.92 Å². The van der Waals surface area contributed by atoms with Crippen molar-refractivity contribution in [3.05, 3.63) is 71.9 Å². The third-order valence-corrected chi connectivity index (χ3v) is 6.42. The molecule has 1 aromatic heterocycles. The Labute approximate surface area is 230 Å². The van der Waals surface area contributed by atoms with Crippen LogP contribution < -0.4 is 27.4 Å². The van der Waals surface area contributed by atoms with Gasteiger partial charge in [-0.3, -0.25) is 19.2 Å². The number of aromatic nitrogens is 1. The topological polar surface area (TPSA) is 209 Å². The lowest BCUT2D eigenvalue weighted by atomic mass is 10.0. The lowest BCUT2D eigenvalue weighted by molar-refractivity contribution is -0.142. The highest BCUT2D eigenvalue weighted by atomic mass is 16.4. The number of nitrogens with one attached hydrogen (secondary N) is 4. The van der Waals surface area contributed by atoms with Gasteiger partial charge in [0.05, 0.1) is 6.04 Å². The van der Waals surface area contributed by atoms with Gasteiger partial charge in [-0.15, -0.1) is 0 Å². The summed E-state index contributed by atoms with van der Waals surface area (Å²) in [7, 11) is 0. The Balaban J connectivity index is 1.71. The normalized spacial score (nSPS) is 13.9. The molecule has 4 amide bonds. The maximum Gasteiger partial charge on any atom is 0.326 e. The number of fused-ring (bicyclic) bond motifs is 1. The lowest BCUT2D eigenvalue weighted by Gasteiger charge is -2.24. The number of hydrogen-bond donors (Lipinski definition) is 7. The summed E-state index contributed by atoms with van der Waals surface area (Å²) in [6, 6.07) is 11.8. The fourth-order valence-corrected chi connectivity index (χ4v) is 4.16. The second kappa shape index (κ2) is 13.9. The molecule has 0 saturated heterocycles.